The summed E-state index contributed by atoms with van der Waals surface area (Å²) in [7, 11) is 3.16. The van der Waals surface area contributed by atoms with Crippen LogP contribution in [0.1, 0.15) is 11.1 Å². The first-order valence-electron chi connectivity index (χ1n) is 7.18. The fraction of sp³-hybridized carbons (Fsp3) is 0.333. The predicted octanol–water partition coefficient (Wildman–Crippen LogP) is 3.57. The molecule has 2 aromatic rings. The van der Waals surface area contributed by atoms with Crippen LogP contribution in [-0.2, 0) is 16.1 Å². The second-order valence-electron chi connectivity index (χ2n) is 4.93. The van der Waals surface area contributed by atoms with Crippen LogP contribution in [0.3, 0.4) is 0 Å². The third-order valence-electron chi connectivity index (χ3n) is 3.26. The van der Waals surface area contributed by atoms with Crippen molar-refractivity contribution in [1.29, 1.82) is 0 Å². The number of methoxy groups -OCH3 is 2. The number of para-hydroxylation sites is 2. The van der Waals surface area contributed by atoms with Gasteiger partial charge in [0.05, 0.1) is 0 Å². The van der Waals surface area contributed by atoms with Crippen molar-refractivity contribution in [2.45, 2.75) is 19.8 Å². The monoisotopic (exact) mass is 302 g/mol. The number of benzene rings is 2. The van der Waals surface area contributed by atoms with Crippen molar-refractivity contribution in [3.63, 3.8) is 0 Å². The van der Waals surface area contributed by atoms with Gasteiger partial charge < -0.3 is 18.9 Å². The molecule has 0 radical (unpaired) electrons. The molecule has 4 heteroatoms. The Bertz CT molecular complexity index is 562. The van der Waals surface area contributed by atoms with Gasteiger partial charge in [-0.15, -0.1) is 0 Å². The summed E-state index contributed by atoms with van der Waals surface area (Å²) in [4.78, 5) is 0. The highest BCUT2D eigenvalue weighted by Gasteiger charge is 2.09. The van der Waals surface area contributed by atoms with Crippen LogP contribution in [0.5, 0.6) is 11.5 Å². The van der Waals surface area contributed by atoms with Crippen LogP contribution in [0.15, 0.2) is 48.5 Å². The lowest BCUT2D eigenvalue weighted by Gasteiger charge is -2.16. The molecule has 2 rings (SSSR count). The Kier molecular flexibility index (Phi) is 6.25. The summed E-state index contributed by atoms with van der Waals surface area (Å²) >= 11 is 0. The average Bonchev–Trinajstić information content (AvgIpc) is 2.56. The van der Waals surface area contributed by atoms with Crippen LogP contribution in [0, 0.1) is 6.92 Å². The minimum absolute atomic E-state index is 0.303. The summed E-state index contributed by atoms with van der Waals surface area (Å²) in [5.41, 5.74) is 2.35. The standard InChI is InChI=1S/C18H22O4/c1-14-8-10-15(11-9-14)12-21-16-6-4-5-7-17(16)22-13-18(19-2)20-3/h4-11,18H,12-13H2,1-3H3. The van der Waals surface area contributed by atoms with Crippen molar-refractivity contribution in [1.82, 2.24) is 0 Å². The zero-order valence-corrected chi connectivity index (χ0v) is 13.2. The zero-order valence-electron chi connectivity index (χ0n) is 13.2. The molecule has 0 aromatic heterocycles. The lowest BCUT2D eigenvalue weighted by atomic mass is 10.2. The molecule has 0 unspecified atom stereocenters. The largest absolute Gasteiger partial charge is 0.485 e. The Morgan fingerprint density at radius 1 is 0.818 bits per heavy atom. The molecule has 0 aliphatic carbocycles. The van der Waals surface area contributed by atoms with E-state index in [4.69, 9.17) is 18.9 Å². The SMILES string of the molecule is COC(COc1ccccc1OCc1ccc(C)cc1)OC. The highest BCUT2D eigenvalue weighted by Crippen LogP contribution is 2.27. The molecule has 0 heterocycles. The number of hydrogen-bond donors (Lipinski definition) is 0. The molecule has 0 spiro atoms. The molecular weight excluding hydrogens is 280 g/mol. The highest BCUT2D eigenvalue weighted by atomic mass is 16.7. The van der Waals surface area contributed by atoms with Crippen LogP contribution in [-0.4, -0.2) is 27.1 Å². The van der Waals surface area contributed by atoms with E-state index >= 15 is 0 Å². The first kappa shape index (κ1) is 16.3. The van der Waals surface area contributed by atoms with Gasteiger partial charge in [-0.3, -0.25) is 0 Å². The Labute approximate surface area is 131 Å². The van der Waals surface area contributed by atoms with Crippen molar-refractivity contribution in [2.75, 3.05) is 20.8 Å². The van der Waals surface area contributed by atoms with E-state index in [1.165, 1.54) is 5.56 Å². The normalized spacial score (nSPS) is 10.7. The molecule has 0 aliphatic heterocycles. The van der Waals surface area contributed by atoms with Gasteiger partial charge in [0.15, 0.2) is 17.8 Å². The van der Waals surface area contributed by atoms with E-state index in [0.29, 0.717) is 24.7 Å². The van der Waals surface area contributed by atoms with Gasteiger partial charge in [0.2, 0.25) is 0 Å². The van der Waals surface area contributed by atoms with E-state index in [1.54, 1.807) is 14.2 Å². The van der Waals surface area contributed by atoms with Crippen LogP contribution in [0.4, 0.5) is 0 Å². The van der Waals surface area contributed by atoms with Crippen LogP contribution < -0.4 is 9.47 Å². The third-order valence-corrected chi connectivity index (χ3v) is 3.26. The van der Waals surface area contributed by atoms with Crippen molar-refractivity contribution in [2.24, 2.45) is 0 Å². The molecule has 4 nitrogen and oxygen atoms in total. The Morgan fingerprint density at radius 3 is 2.00 bits per heavy atom. The summed E-state index contributed by atoms with van der Waals surface area (Å²) in [5.74, 6) is 1.38. The molecule has 2 aromatic carbocycles. The van der Waals surface area contributed by atoms with E-state index in [0.717, 1.165) is 5.56 Å². The van der Waals surface area contributed by atoms with Gasteiger partial charge in [-0.25, -0.2) is 0 Å². The minimum atomic E-state index is -0.398. The summed E-state index contributed by atoms with van der Waals surface area (Å²) in [6.07, 6.45) is -0.398. The van der Waals surface area contributed by atoms with E-state index in [2.05, 4.69) is 31.2 Å². The average molecular weight is 302 g/mol. The van der Waals surface area contributed by atoms with Gasteiger partial charge in [-0.2, -0.15) is 0 Å². The molecule has 0 saturated carbocycles. The summed E-state index contributed by atoms with van der Waals surface area (Å²) in [6, 6.07) is 15.8. The predicted molar refractivity (Wildman–Crippen MR) is 85.3 cm³/mol. The Balaban J connectivity index is 1.97. The quantitative estimate of drug-likeness (QED) is 0.699. The van der Waals surface area contributed by atoms with Gasteiger partial charge in [0.25, 0.3) is 0 Å². The lowest BCUT2D eigenvalue weighted by Crippen LogP contribution is -2.22. The molecule has 0 bridgehead atoms. The molecule has 118 valence electrons. The van der Waals surface area contributed by atoms with Gasteiger partial charge in [-0.1, -0.05) is 42.0 Å². The van der Waals surface area contributed by atoms with Crippen molar-refractivity contribution in [3.05, 3.63) is 59.7 Å². The van der Waals surface area contributed by atoms with E-state index in [1.807, 2.05) is 24.3 Å². The molecular formula is C18H22O4. The zero-order chi connectivity index (χ0) is 15.8. The number of aryl methyl sites for hydroxylation is 1. The van der Waals surface area contributed by atoms with E-state index in [9.17, 15) is 0 Å². The van der Waals surface area contributed by atoms with Gasteiger partial charge in [0.1, 0.15) is 13.2 Å². The molecule has 0 aliphatic rings. The maximum atomic E-state index is 5.86. The molecule has 22 heavy (non-hydrogen) atoms. The number of rotatable bonds is 8. The fourth-order valence-corrected chi connectivity index (χ4v) is 1.92. The van der Waals surface area contributed by atoms with Crippen molar-refractivity contribution < 1.29 is 18.9 Å². The van der Waals surface area contributed by atoms with E-state index < -0.39 is 6.29 Å². The maximum Gasteiger partial charge on any atom is 0.191 e. The summed E-state index contributed by atoms with van der Waals surface area (Å²) < 4.78 is 21.8. The van der Waals surface area contributed by atoms with Gasteiger partial charge >= 0.3 is 0 Å². The topological polar surface area (TPSA) is 36.9 Å². The first-order valence-corrected chi connectivity index (χ1v) is 7.18. The molecule has 0 amide bonds. The maximum absolute atomic E-state index is 5.86. The highest BCUT2D eigenvalue weighted by molar-refractivity contribution is 5.39. The second kappa shape index (κ2) is 8.41. The van der Waals surface area contributed by atoms with Gasteiger partial charge in [0, 0.05) is 14.2 Å². The molecule has 0 saturated heterocycles. The van der Waals surface area contributed by atoms with Crippen LogP contribution in [0.25, 0.3) is 0 Å². The Hall–Kier alpha value is -2.04. The van der Waals surface area contributed by atoms with E-state index in [-0.39, 0.29) is 0 Å². The number of hydrogen-bond acceptors (Lipinski definition) is 4. The smallest absolute Gasteiger partial charge is 0.191 e. The van der Waals surface area contributed by atoms with Crippen LogP contribution >= 0.6 is 0 Å². The summed E-state index contributed by atoms with van der Waals surface area (Å²) in [6.45, 7) is 2.87. The third kappa shape index (κ3) is 4.76. The van der Waals surface area contributed by atoms with Crippen molar-refractivity contribution in [3.8, 4) is 11.5 Å². The number of ether oxygens (including phenoxy) is 4. The van der Waals surface area contributed by atoms with Crippen LogP contribution in [0.2, 0.25) is 0 Å². The molecule has 0 atom stereocenters. The first-order chi connectivity index (χ1) is 10.7. The van der Waals surface area contributed by atoms with Gasteiger partial charge in [-0.05, 0) is 24.6 Å². The second-order valence-corrected chi connectivity index (χ2v) is 4.93. The fourth-order valence-electron chi connectivity index (χ4n) is 1.92. The molecule has 0 N–H and O–H groups in total. The minimum Gasteiger partial charge on any atom is -0.485 e. The van der Waals surface area contributed by atoms with Crippen molar-refractivity contribution >= 4 is 0 Å². The lowest BCUT2D eigenvalue weighted by molar-refractivity contribution is -0.122. The Morgan fingerprint density at radius 2 is 1.41 bits per heavy atom. The molecule has 0 fully saturated rings. The summed E-state index contributed by atoms with van der Waals surface area (Å²) in [5, 5.41) is 0.